The van der Waals surface area contributed by atoms with Gasteiger partial charge in [-0.25, -0.2) is 0 Å². The van der Waals surface area contributed by atoms with E-state index in [9.17, 15) is 5.11 Å². The number of phenols is 1. The number of aromatic hydroxyl groups is 1. The molecule has 0 aliphatic carbocycles. The van der Waals surface area contributed by atoms with Gasteiger partial charge in [-0.05, 0) is 45.8 Å². The molecular formula is C18H18Br2ClN3O. The Morgan fingerprint density at radius 1 is 1.08 bits per heavy atom. The van der Waals surface area contributed by atoms with Crippen LogP contribution < -0.4 is 0 Å². The van der Waals surface area contributed by atoms with Crippen molar-refractivity contribution in [1.82, 2.24) is 9.91 Å². The van der Waals surface area contributed by atoms with Crippen LogP contribution in [0, 0.1) is 0 Å². The highest BCUT2D eigenvalue weighted by Crippen LogP contribution is 2.30. The van der Waals surface area contributed by atoms with E-state index in [-0.39, 0.29) is 5.75 Å². The quantitative estimate of drug-likeness (QED) is 0.635. The van der Waals surface area contributed by atoms with Crippen LogP contribution in [0.25, 0.3) is 0 Å². The van der Waals surface area contributed by atoms with Crippen LogP contribution in [0.4, 0.5) is 0 Å². The number of hydrazone groups is 1. The maximum atomic E-state index is 10.1. The largest absolute Gasteiger partial charge is 0.506 e. The lowest BCUT2D eigenvalue weighted by Gasteiger charge is -2.33. The lowest BCUT2D eigenvalue weighted by atomic mass is 10.2. The highest BCUT2D eigenvalue weighted by atomic mass is 79.9. The zero-order valence-corrected chi connectivity index (χ0v) is 17.4. The van der Waals surface area contributed by atoms with E-state index >= 15 is 0 Å². The second kappa shape index (κ2) is 8.54. The molecule has 2 aromatic carbocycles. The third kappa shape index (κ3) is 5.20. The maximum Gasteiger partial charge on any atom is 0.138 e. The van der Waals surface area contributed by atoms with E-state index in [1.54, 1.807) is 6.21 Å². The van der Waals surface area contributed by atoms with E-state index in [0.717, 1.165) is 42.2 Å². The minimum atomic E-state index is 0.202. The van der Waals surface area contributed by atoms with E-state index in [0.29, 0.717) is 10.0 Å². The molecule has 1 aliphatic rings. The Morgan fingerprint density at radius 2 is 1.76 bits per heavy atom. The Labute approximate surface area is 169 Å². The molecular weight excluding hydrogens is 469 g/mol. The average Bonchev–Trinajstić information content (AvgIpc) is 2.60. The van der Waals surface area contributed by atoms with Gasteiger partial charge in [0.15, 0.2) is 0 Å². The minimum absolute atomic E-state index is 0.202. The van der Waals surface area contributed by atoms with Gasteiger partial charge in [-0.3, -0.25) is 9.91 Å². The first kappa shape index (κ1) is 18.7. The smallest absolute Gasteiger partial charge is 0.138 e. The fourth-order valence-electron chi connectivity index (χ4n) is 2.69. The molecule has 4 nitrogen and oxygen atoms in total. The molecule has 0 bridgehead atoms. The van der Waals surface area contributed by atoms with Crippen LogP contribution in [0.2, 0.25) is 5.02 Å². The van der Waals surface area contributed by atoms with E-state index in [1.807, 2.05) is 29.3 Å². The molecule has 0 unspecified atom stereocenters. The SMILES string of the molecule is Oc1c(Br)cc(Br)cc1/C=N/N1CCN(Cc2ccc(Cl)cc2)CC1. The third-order valence-corrected chi connectivity index (χ3v) is 5.40. The number of hydrogen-bond donors (Lipinski definition) is 1. The van der Waals surface area contributed by atoms with Gasteiger partial charge in [0.1, 0.15) is 5.75 Å². The Hall–Kier alpha value is -1.08. The Bertz CT molecular complexity index is 760. The lowest BCUT2D eigenvalue weighted by Crippen LogP contribution is -2.43. The zero-order chi connectivity index (χ0) is 17.8. The zero-order valence-electron chi connectivity index (χ0n) is 13.5. The van der Waals surface area contributed by atoms with Crippen molar-refractivity contribution in [1.29, 1.82) is 0 Å². The molecule has 0 aromatic heterocycles. The number of piperazine rings is 1. The van der Waals surface area contributed by atoms with Crippen LogP contribution in [-0.2, 0) is 6.54 Å². The predicted octanol–water partition coefficient (Wildman–Crippen LogP) is 4.72. The summed E-state index contributed by atoms with van der Waals surface area (Å²) in [6.07, 6.45) is 1.71. The van der Waals surface area contributed by atoms with Crippen molar-refractivity contribution in [3.05, 3.63) is 61.5 Å². The third-order valence-electron chi connectivity index (χ3n) is 4.09. The normalized spacial score (nSPS) is 15.9. The molecule has 0 amide bonds. The summed E-state index contributed by atoms with van der Waals surface area (Å²) in [6.45, 7) is 4.55. The molecule has 1 saturated heterocycles. The van der Waals surface area contributed by atoms with Crippen molar-refractivity contribution in [2.75, 3.05) is 26.2 Å². The summed E-state index contributed by atoms with van der Waals surface area (Å²) in [5.74, 6) is 0.202. The molecule has 1 aliphatic heterocycles. The minimum Gasteiger partial charge on any atom is -0.506 e. The fourth-order valence-corrected chi connectivity index (χ4v) is 4.07. The van der Waals surface area contributed by atoms with Crippen LogP contribution >= 0.6 is 43.5 Å². The fraction of sp³-hybridized carbons (Fsp3) is 0.278. The van der Waals surface area contributed by atoms with Crippen molar-refractivity contribution < 1.29 is 5.11 Å². The number of rotatable bonds is 4. The van der Waals surface area contributed by atoms with Gasteiger partial charge in [-0.15, -0.1) is 0 Å². The molecule has 1 heterocycles. The number of phenolic OH excluding ortho intramolecular Hbond substituents is 1. The van der Waals surface area contributed by atoms with Crippen molar-refractivity contribution in [2.45, 2.75) is 6.54 Å². The molecule has 132 valence electrons. The number of nitrogens with zero attached hydrogens (tertiary/aromatic N) is 3. The summed E-state index contributed by atoms with van der Waals surface area (Å²) in [5, 5.41) is 17.4. The van der Waals surface area contributed by atoms with Gasteiger partial charge >= 0.3 is 0 Å². The van der Waals surface area contributed by atoms with Crippen LogP contribution in [0.5, 0.6) is 5.75 Å². The van der Waals surface area contributed by atoms with Gasteiger partial charge in [0.2, 0.25) is 0 Å². The highest BCUT2D eigenvalue weighted by molar-refractivity contribution is 9.11. The summed E-state index contributed by atoms with van der Waals surface area (Å²) < 4.78 is 1.54. The summed E-state index contributed by atoms with van der Waals surface area (Å²) in [4.78, 5) is 2.41. The monoisotopic (exact) mass is 485 g/mol. The first-order valence-corrected chi connectivity index (χ1v) is 9.91. The van der Waals surface area contributed by atoms with Gasteiger partial charge in [-0.1, -0.05) is 39.7 Å². The summed E-state index contributed by atoms with van der Waals surface area (Å²) in [5.41, 5.74) is 1.95. The van der Waals surface area contributed by atoms with Gasteiger partial charge < -0.3 is 5.11 Å². The molecule has 3 rings (SSSR count). The second-order valence-electron chi connectivity index (χ2n) is 5.93. The van der Waals surface area contributed by atoms with E-state index < -0.39 is 0 Å². The number of benzene rings is 2. The van der Waals surface area contributed by atoms with Crippen LogP contribution in [-0.4, -0.2) is 47.4 Å². The van der Waals surface area contributed by atoms with E-state index in [4.69, 9.17) is 11.6 Å². The molecule has 25 heavy (non-hydrogen) atoms. The molecule has 1 N–H and O–H groups in total. The topological polar surface area (TPSA) is 39.1 Å². The molecule has 0 radical (unpaired) electrons. The van der Waals surface area contributed by atoms with Gasteiger partial charge in [0.25, 0.3) is 0 Å². The van der Waals surface area contributed by atoms with E-state index in [1.165, 1.54) is 5.56 Å². The molecule has 0 saturated carbocycles. The first-order valence-electron chi connectivity index (χ1n) is 7.95. The number of halogens is 3. The molecule has 0 atom stereocenters. The van der Waals surface area contributed by atoms with Crippen LogP contribution in [0.15, 0.2) is 50.4 Å². The Kier molecular flexibility index (Phi) is 6.39. The van der Waals surface area contributed by atoms with Gasteiger partial charge in [0.05, 0.1) is 10.7 Å². The molecule has 0 spiro atoms. The maximum absolute atomic E-state index is 10.1. The van der Waals surface area contributed by atoms with Crippen molar-refractivity contribution in [2.24, 2.45) is 5.10 Å². The summed E-state index contributed by atoms with van der Waals surface area (Å²) in [7, 11) is 0. The predicted molar refractivity (Wildman–Crippen MR) is 109 cm³/mol. The second-order valence-corrected chi connectivity index (χ2v) is 8.13. The lowest BCUT2D eigenvalue weighted by molar-refractivity contribution is 0.131. The Morgan fingerprint density at radius 3 is 2.44 bits per heavy atom. The first-order chi connectivity index (χ1) is 12.0. The van der Waals surface area contributed by atoms with Crippen molar-refractivity contribution in [3.63, 3.8) is 0 Å². The van der Waals surface area contributed by atoms with Crippen LogP contribution in [0.3, 0.4) is 0 Å². The van der Waals surface area contributed by atoms with Gasteiger partial charge in [0, 0.05) is 47.8 Å². The van der Waals surface area contributed by atoms with Gasteiger partial charge in [-0.2, -0.15) is 5.10 Å². The Balaban J connectivity index is 1.55. The summed E-state index contributed by atoms with van der Waals surface area (Å²) in [6, 6.07) is 11.7. The van der Waals surface area contributed by atoms with Crippen molar-refractivity contribution in [3.8, 4) is 5.75 Å². The molecule has 1 fully saturated rings. The average molecular weight is 488 g/mol. The van der Waals surface area contributed by atoms with Crippen molar-refractivity contribution >= 4 is 49.7 Å². The summed E-state index contributed by atoms with van der Waals surface area (Å²) >= 11 is 12.7. The molecule has 7 heteroatoms. The van der Waals surface area contributed by atoms with E-state index in [2.05, 4.69) is 54.0 Å². The van der Waals surface area contributed by atoms with Crippen LogP contribution in [0.1, 0.15) is 11.1 Å². The standard InChI is InChI=1S/C18H18Br2ClN3O/c19-15-9-14(18(25)17(20)10-15)11-22-24-7-5-23(6-8-24)12-13-1-3-16(21)4-2-13/h1-4,9-11,25H,5-8,12H2/b22-11+. The highest BCUT2D eigenvalue weighted by Gasteiger charge is 2.15. The number of hydrogen-bond acceptors (Lipinski definition) is 4. The molecule has 2 aromatic rings.